The highest BCUT2D eigenvalue weighted by atomic mass is 35.5. The normalized spacial score (nSPS) is 19.1. The summed E-state index contributed by atoms with van der Waals surface area (Å²) in [6.45, 7) is 11.7. The molecule has 1 amide bonds. The summed E-state index contributed by atoms with van der Waals surface area (Å²) in [7, 11) is 0. The van der Waals surface area contributed by atoms with Crippen LogP contribution in [0.4, 0.5) is 0 Å². The first-order valence-electron chi connectivity index (χ1n) is 8.52. The monoisotopic (exact) mass is 366 g/mol. The van der Waals surface area contributed by atoms with E-state index in [4.69, 9.17) is 11.6 Å². The molecule has 0 radical (unpaired) electrons. The summed E-state index contributed by atoms with van der Waals surface area (Å²) in [5.74, 6) is -0.985. The van der Waals surface area contributed by atoms with E-state index in [9.17, 15) is 14.7 Å². The second-order valence-corrected chi connectivity index (χ2v) is 8.21. The van der Waals surface area contributed by atoms with Gasteiger partial charge in [-0.3, -0.25) is 14.5 Å². The molecule has 1 atom stereocenters. The van der Waals surface area contributed by atoms with Gasteiger partial charge in [0.2, 0.25) is 5.91 Å². The molecule has 1 aromatic carbocycles. The van der Waals surface area contributed by atoms with Gasteiger partial charge in [-0.2, -0.15) is 0 Å². The molecule has 0 unspecified atom stereocenters. The van der Waals surface area contributed by atoms with Crippen molar-refractivity contribution in [2.75, 3.05) is 19.6 Å². The minimum atomic E-state index is -0.902. The molecular weight excluding hydrogens is 340 g/mol. The number of hydrogen-bond donors (Lipinski definition) is 1. The average Bonchev–Trinajstić information content (AvgIpc) is 2.49. The Hall–Kier alpha value is -1.59. The average molecular weight is 367 g/mol. The molecule has 5 nitrogen and oxygen atoms in total. The van der Waals surface area contributed by atoms with Crippen LogP contribution in [0.3, 0.4) is 0 Å². The van der Waals surface area contributed by atoms with Crippen LogP contribution in [-0.4, -0.2) is 52.5 Å². The number of carbonyl (C=O) groups is 2. The fourth-order valence-electron chi connectivity index (χ4n) is 3.22. The van der Waals surface area contributed by atoms with Crippen molar-refractivity contribution >= 4 is 23.5 Å². The van der Waals surface area contributed by atoms with Crippen molar-refractivity contribution < 1.29 is 14.7 Å². The minimum absolute atomic E-state index is 0.0446. The summed E-state index contributed by atoms with van der Waals surface area (Å²) < 4.78 is 0. The third-order valence-electron chi connectivity index (χ3n) is 4.83. The van der Waals surface area contributed by atoms with E-state index in [-0.39, 0.29) is 17.9 Å². The third-order valence-corrected chi connectivity index (χ3v) is 5.14. The van der Waals surface area contributed by atoms with E-state index >= 15 is 0 Å². The number of benzene rings is 1. The smallest absolute Gasteiger partial charge is 0.322 e. The lowest BCUT2D eigenvalue weighted by molar-refractivity contribution is -0.148. The molecule has 1 saturated heterocycles. The van der Waals surface area contributed by atoms with Gasteiger partial charge < -0.3 is 10.0 Å². The van der Waals surface area contributed by atoms with Crippen LogP contribution < -0.4 is 0 Å². The number of aliphatic carboxylic acids is 1. The fourth-order valence-corrected chi connectivity index (χ4v) is 3.69. The predicted molar refractivity (Wildman–Crippen MR) is 99.0 cm³/mol. The molecule has 138 valence electrons. The predicted octanol–water partition coefficient (Wildman–Crippen LogP) is 3.06. The first-order valence-corrected chi connectivity index (χ1v) is 8.90. The lowest BCUT2D eigenvalue weighted by Crippen LogP contribution is -2.56. The van der Waals surface area contributed by atoms with Crippen LogP contribution in [0.15, 0.2) is 12.1 Å². The van der Waals surface area contributed by atoms with Gasteiger partial charge in [-0.25, -0.2) is 0 Å². The molecule has 2 rings (SSSR count). The van der Waals surface area contributed by atoms with Crippen LogP contribution in [0.5, 0.6) is 0 Å². The van der Waals surface area contributed by atoms with Gasteiger partial charge in [-0.05, 0) is 35.1 Å². The SMILES string of the molecule is CC(=O)N1CCN(Cc2cc(Cl)c(C(C)(C)C)cc2C)[C@H](C(=O)O)C1. The molecule has 0 saturated carbocycles. The Balaban J connectivity index is 2.25. The zero-order chi connectivity index (χ0) is 18.9. The number of nitrogens with zero attached hydrogens (tertiary/aromatic N) is 2. The van der Waals surface area contributed by atoms with E-state index in [1.165, 1.54) is 6.92 Å². The molecule has 1 heterocycles. The molecule has 1 aliphatic heterocycles. The molecule has 0 bridgehead atoms. The molecule has 1 N–H and O–H groups in total. The van der Waals surface area contributed by atoms with Crippen LogP contribution in [0.1, 0.15) is 44.4 Å². The van der Waals surface area contributed by atoms with E-state index < -0.39 is 12.0 Å². The highest BCUT2D eigenvalue weighted by Crippen LogP contribution is 2.32. The van der Waals surface area contributed by atoms with E-state index in [0.717, 1.165) is 16.7 Å². The zero-order valence-corrected chi connectivity index (χ0v) is 16.4. The first kappa shape index (κ1) is 19.7. The van der Waals surface area contributed by atoms with Gasteiger partial charge in [-0.15, -0.1) is 0 Å². The van der Waals surface area contributed by atoms with Gasteiger partial charge in [0.1, 0.15) is 6.04 Å². The molecule has 0 spiro atoms. The van der Waals surface area contributed by atoms with Crippen molar-refractivity contribution in [1.29, 1.82) is 0 Å². The first-order chi connectivity index (χ1) is 11.5. The third kappa shape index (κ3) is 4.53. The lowest BCUT2D eigenvalue weighted by Gasteiger charge is -2.39. The summed E-state index contributed by atoms with van der Waals surface area (Å²) in [6, 6.07) is 3.35. The Morgan fingerprint density at radius 2 is 1.92 bits per heavy atom. The minimum Gasteiger partial charge on any atom is -0.480 e. The molecule has 6 heteroatoms. The lowest BCUT2D eigenvalue weighted by atomic mass is 9.85. The van der Waals surface area contributed by atoms with Crippen LogP contribution in [0.2, 0.25) is 5.02 Å². The summed E-state index contributed by atoms with van der Waals surface area (Å²) in [5.41, 5.74) is 3.18. The van der Waals surface area contributed by atoms with E-state index in [1.54, 1.807) is 4.90 Å². The second kappa shape index (κ2) is 7.34. The van der Waals surface area contributed by atoms with Gasteiger partial charge in [0.15, 0.2) is 0 Å². The number of carboxylic acid groups (broad SMARTS) is 1. The van der Waals surface area contributed by atoms with Crippen LogP contribution in [-0.2, 0) is 21.5 Å². The Bertz CT molecular complexity index is 682. The summed E-state index contributed by atoms with van der Waals surface area (Å²) in [6.07, 6.45) is 0. The number of carbonyl (C=O) groups excluding carboxylic acids is 1. The number of aryl methyl sites for hydroxylation is 1. The largest absolute Gasteiger partial charge is 0.480 e. The highest BCUT2D eigenvalue weighted by molar-refractivity contribution is 6.31. The fraction of sp³-hybridized carbons (Fsp3) is 0.579. The molecule has 1 aromatic rings. The number of piperazine rings is 1. The quantitative estimate of drug-likeness (QED) is 0.893. The van der Waals surface area contributed by atoms with Crippen molar-refractivity contribution in [3.8, 4) is 0 Å². The second-order valence-electron chi connectivity index (χ2n) is 7.80. The van der Waals surface area contributed by atoms with Crippen molar-refractivity contribution in [2.24, 2.45) is 0 Å². The van der Waals surface area contributed by atoms with Gasteiger partial charge in [0.05, 0.1) is 0 Å². The maximum Gasteiger partial charge on any atom is 0.322 e. The van der Waals surface area contributed by atoms with Crippen molar-refractivity contribution in [3.05, 3.63) is 33.8 Å². The summed E-state index contributed by atoms with van der Waals surface area (Å²) >= 11 is 6.48. The summed E-state index contributed by atoms with van der Waals surface area (Å²) in [4.78, 5) is 26.7. The van der Waals surface area contributed by atoms with Crippen molar-refractivity contribution in [1.82, 2.24) is 9.80 Å². The molecule has 0 aromatic heterocycles. The van der Waals surface area contributed by atoms with Gasteiger partial charge >= 0.3 is 5.97 Å². The maximum atomic E-state index is 11.7. The summed E-state index contributed by atoms with van der Waals surface area (Å²) in [5, 5.41) is 10.3. The van der Waals surface area contributed by atoms with Crippen molar-refractivity contribution in [3.63, 3.8) is 0 Å². The molecular formula is C19H27ClN2O3. The van der Waals surface area contributed by atoms with Crippen LogP contribution >= 0.6 is 11.6 Å². The Labute approximate surface area is 154 Å². The maximum absolute atomic E-state index is 11.7. The van der Waals surface area contributed by atoms with Gasteiger partial charge in [0.25, 0.3) is 0 Å². The van der Waals surface area contributed by atoms with Crippen molar-refractivity contribution in [2.45, 2.75) is 52.6 Å². The number of amides is 1. The molecule has 1 aliphatic rings. The molecule has 25 heavy (non-hydrogen) atoms. The number of hydrogen-bond acceptors (Lipinski definition) is 3. The standard InChI is InChI=1S/C19H27ClN2O3/c1-12-8-15(19(3,4)5)16(20)9-14(12)10-22-7-6-21(13(2)23)11-17(22)18(24)25/h8-9,17H,6-7,10-11H2,1-5H3,(H,24,25)/t17-/m0/s1. The van der Waals surface area contributed by atoms with Crippen LogP contribution in [0, 0.1) is 6.92 Å². The van der Waals surface area contributed by atoms with Gasteiger partial charge in [-0.1, -0.05) is 38.4 Å². The highest BCUT2D eigenvalue weighted by Gasteiger charge is 2.33. The van der Waals surface area contributed by atoms with E-state index in [2.05, 4.69) is 26.8 Å². The number of carboxylic acids is 1. The Morgan fingerprint density at radius 3 is 2.44 bits per heavy atom. The molecule has 0 aliphatic carbocycles. The molecule has 1 fully saturated rings. The van der Waals surface area contributed by atoms with Crippen LogP contribution in [0.25, 0.3) is 0 Å². The Morgan fingerprint density at radius 1 is 1.28 bits per heavy atom. The van der Waals surface area contributed by atoms with E-state index in [1.807, 2.05) is 17.9 Å². The zero-order valence-electron chi connectivity index (χ0n) is 15.6. The van der Waals surface area contributed by atoms with Gasteiger partial charge in [0, 0.05) is 38.1 Å². The number of rotatable bonds is 3. The number of halogens is 1. The van der Waals surface area contributed by atoms with E-state index in [0.29, 0.717) is 24.7 Å². The topological polar surface area (TPSA) is 60.9 Å². The Kier molecular flexibility index (Phi) is 5.79.